The highest BCUT2D eigenvalue weighted by molar-refractivity contribution is 7.80. The first-order valence-electron chi connectivity index (χ1n) is 6.46. The molecule has 2 atom stereocenters. The summed E-state index contributed by atoms with van der Waals surface area (Å²) in [7, 11) is 0. The van der Waals surface area contributed by atoms with E-state index in [4.69, 9.17) is 10.5 Å². The molecule has 0 fully saturated rings. The molecule has 2 aromatic rings. The Labute approximate surface area is 128 Å². The minimum Gasteiger partial charge on any atom is -0.467 e. The second kappa shape index (κ2) is 7.52. The van der Waals surface area contributed by atoms with Gasteiger partial charge in [0.25, 0.3) is 0 Å². The molecule has 2 heterocycles. The smallest absolute Gasteiger partial charge is 0.237 e. The van der Waals surface area contributed by atoms with E-state index < -0.39 is 0 Å². The van der Waals surface area contributed by atoms with Crippen LogP contribution >= 0.6 is 24.0 Å². The van der Waals surface area contributed by atoms with Gasteiger partial charge in [-0.05, 0) is 30.5 Å². The predicted octanol–water partition coefficient (Wildman–Crippen LogP) is 2.95. The minimum atomic E-state index is -0.0241. The van der Waals surface area contributed by atoms with Gasteiger partial charge in [0, 0.05) is 29.4 Å². The van der Waals surface area contributed by atoms with Crippen molar-refractivity contribution in [1.82, 2.24) is 4.98 Å². The van der Waals surface area contributed by atoms with E-state index in [1.54, 1.807) is 17.5 Å². The standard InChI is InChI=1S/C14H19N3OS2/c1-10(13-5-3-7-20-13)18-14-12(4-2-6-16-14)17-8-11(15)9-19/h2-7,10-11,17,19H,8-9,15H2,1H3. The van der Waals surface area contributed by atoms with Gasteiger partial charge in [-0.3, -0.25) is 0 Å². The van der Waals surface area contributed by atoms with Crippen LogP contribution in [0.3, 0.4) is 0 Å². The van der Waals surface area contributed by atoms with E-state index in [1.807, 2.05) is 30.5 Å². The summed E-state index contributed by atoms with van der Waals surface area (Å²) in [6.07, 6.45) is 1.70. The Morgan fingerprint density at radius 2 is 2.30 bits per heavy atom. The summed E-state index contributed by atoms with van der Waals surface area (Å²) in [5, 5.41) is 5.30. The summed E-state index contributed by atoms with van der Waals surface area (Å²) in [4.78, 5) is 5.47. The Balaban J connectivity index is 2.04. The fourth-order valence-electron chi connectivity index (χ4n) is 1.67. The van der Waals surface area contributed by atoms with Crippen molar-refractivity contribution in [3.8, 4) is 5.88 Å². The van der Waals surface area contributed by atoms with Crippen molar-refractivity contribution < 1.29 is 4.74 Å². The number of aromatic nitrogens is 1. The van der Waals surface area contributed by atoms with Crippen molar-refractivity contribution in [1.29, 1.82) is 0 Å². The summed E-state index contributed by atoms with van der Waals surface area (Å²) < 4.78 is 5.93. The first-order valence-corrected chi connectivity index (χ1v) is 7.97. The molecule has 0 aromatic carbocycles. The Kier molecular flexibility index (Phi) is 5.70. The lowest BCUT2D eigenvalue weighted by Gasteiger charge is -2.17. The lowest BCUT2D eigenvalue weighted by atomic mass is 10.3. The molecule has 0 spiro atoms. The van der Waals surface area contributed by atoms with Crippen molar-refractivity contribution in [3.63, 3.8) is 0 Å². The Morgan fingerprint density at radius 3 is 3.00 bits per heavy atom. The van der Waals surface area contributed by atoms with Crippen LogP contribution in [0.1, 0.15) is 17.9 Å². The molecule has 0 radical (unpaired) electrons. The van der Waals surface area contributed by atoms with Crippen LogP contribution in [0.25, 0.3) is 0 Å². The topological polar surface area (TPSA) is 60.2 Å². The van der Waals surface area contributed by atoms with E-state index in [-0.39, 0.29) is 12.1 Å². The molecule has 3 N–H and O–H groups in total. The average Bonchev–Trinajstić information content (AvgIpc) is 3.00. The van der Waals surface area contributed by atoms with Crippen molar-refractivity contribution in [3.05, 3.63) is 40.7 Å². The van der Waals surface area contributed by atoms with Crippen LogP contribution in [-0.2, 0) is 0 Å². The number of thiol groups is 1. The minimum absolute atomic E-state index is 0.00103. The van der Waals surface area contributed by atoms with Gasteiger partial charge in [-0.15, -0.1) is 11.3 Å². The molecule has 0 aliphatic rings. The number of anilines is 1. The Bertz CT molecular complexity index is 519. The van der Waals surface area contributed by atoms with Crippen molar-refractivity contribution in [2.24, 2.45) is 5.73 Å². The highest BCUT2D eigenvalue weighted by Crippen LogP contribution is 2.28. The monoisotopic (exact) mass is 309 g/mol. The zero-order chi connectivity index (χ0) is 14.4. The van der Waals surface area contributed by atoms with E-state index in [2.05, 4.69) is 29.0 Å². The van der Waals surface area contributed by atoms with Crippen LogP contribution in [0.5, 0.6) is 5.88 Å². The number of hydrogen-bond acceptors (Lipinski definition) is 6. The van der Waals surface area contributed by atoms with E-state index in [0.29, 0.717) is 18.2 Å². The molecular formula is C14H19N3OS2. The van der Waals surface area contributed by atoms with Crippen molar-refractivity contribution >= 4 is 29.7 Å². The number of nitrogens with two attached hydrogens (primary N) is 1. The maximum atomic E-state index is 5.93. The predicted molar refractivity (Wildman–Crippen MR) is 87.9 cm³/mol. The molecule has 108 valence electrons. The van der Waals surface area contributed by atoms with E-state index in [1.165, 1.54) is 4.88 Å². The molecule has 20 heavy (non-hydrogen) atoms. The lowest BCUT2D eigenvalue weighted by Crippen LogP contribution is -2.30. The first-order chi connectivity index (χ1) is 9.70. The zero-order valence-corrected chi connectivity index (χ0v) is 13.0. The average molecular weight is 309 g/mol. The SMILES string of the molecule is CC(Oc1ncccc1NCC(N)CS)c1cccs1. The molecule has 0 aliphatic carbocycles. The van der Waals surface area contributed by atoms with E-state index in [9.17, 15) is 0 Å². The zero-order valence-electron chi connectivity index (χ0n) is 11.3. The quantitative estimate of drug-likeness (QED) is 0.688. The highest BCUT2D eigenvalue weighted by Gasteiger charge is 2.12. The molecule has 2 aromatic heterocycles. The van der Waals surface area contributed by atoms with Gasteiger partial charge in [0.15, 0.2) is 0 Å². The molecule has 0 bridgehead atoms. The highest BCUT2D eigenvalue weighted by atomic mass is 32.1. The summed E-state index contributed by atoms with van der Waals surface area (Å²) in [6, 6.07) is 7.89. The molecule has 2 unspecified atom stereocenters. The number of nitrogens with one attached hydrogen (secondary N) is 1. The third-order valence-electron chi connectivity index (χ3n) is 2.79. The van der Waals surface area contributed by atoms with Gasteiger partial charge >= 0.3 is 0 Å². The summed E-state index contributed by atoms with van der Waals surface area (Å²) in [5.41, 5.74) is 6.71. The summed E-state index contributed by atoms with van der Waals surface area (Å²) in [6.45, 7) is 2.66. The van der Waals surface area contributed by atoms with Gasteiger partial charge in [0.1, 0.15) is 6.10 Å². The summed E-state index contributed by atoms with van der Waals surface area (Å²) in [5.74, 6) is 1.23. The van der Waals surface area contributed by atoms with Gasteiger partial charge in [0.2, 0.25) is 5.88 Å². The van der Waals surface area contributed by atoms with Gasteiger partial charge < -0.3 is 15.8 Å². The number of ether oxygens (including phenoxy) is 1. The molecule has 0 amide bonds. The number of pyridine rings is 1. The van der Waals surface area contributed by atoms with Crippen LogP contribution in [0.15, 0.2) is 35.8 Å². The van der Waals surface area contributed by atoms with Crippen molar-refractivity contribution in [2.45, 2.75) is 19.1 Å². The molecule has 4 nitrogen and oxygen atoms in total. The fraction of sp³-hybridized carbons (Fsp3) is 0.357. The summed E-state index contributed by atoms with van der Waals surface area (Å²) >= 11 is 5.85. The van der Waals surface area contributed by atoms with Gasteiger partial charge in [-0.1, -0.05) is 6.07 Å². The number of hydrogen-bond donors (Lipinski definition) is 3. The molecule has 0 saturated heterocycles. The van der Waals surface area contributed by atoms with Gasteiger partial charge in [-0.2, -0.15) is 12.6 Å². The molecule has 2 rings (SSSR count). The second-order valence-electron chi connectivity index (χ2n) is 4.46. The Hall–Kier alpha value is -1.24. The van der Waals surface area contributed by atoms with Crippen LogP contribution < -0.4 is 15.8 Å². The van der Waals surface area contributed by atoms with Crippen LogP contribution in [0.4, 0.5) is 5.69 Å². The Morgan fingerprint density at radius 1 is 1.45 bits per heavy atom. The second-order valence-corrected chi connectivity index (χ2v) is 5.80. The normalized spacial score (nSPS) is 13.8. The molecular weight excluding hydrogens is 290 g/mol. The number of thiophene rings is 1. The maximum Gasteiger partial charge on any atom is 0.237 e. The third kappa shape index (κ3) is 4.13. The lowest BCUT2D eigenvalue weighted by molar-refractivity contribution is 0.222. The largest absolute Gasteiger partial charge is 0.467 e. The van der Waals surface area contributed by atoms with Crippen molar-refractivity contribution in [2.75, 3.05) is 17.6 Å². The molecule has 6 heteroatoms. The van der Waals surface area contributed by atoms with E-state index in [0.717, 1.165) is 5.69 Å². The maximum absolute atomic E-state index is 5.93. The van der Waals surface area contributed by atoms with E-state index >= 15 is 0 Å². The van der Waals surface area contributed by atoms with Gasteiger partial charge in [-0.25, -0.2) is 4.98 Å². The number of nitrogens with zero attached hydrogens (tertiary/aromatic N) is 1. The molecule has 0 aliphatic heterocycles. The third-order valence-corrected chi connectivity index (χ3v) is 4.30. The first kappa shape index (κ1) is 15.2. The van der Waals surface area contributed by atoms with Crippen LogP contribution in [0.2, 0.25) is 0 Å². The van der Waals surface area contributed by atoms with Crippen LogP contribution in [0, 0.1) is 0 Å². The molecule has 0 saturated carbocycles. The van der Waals surface area contributed by atoms with Gasteiger partial charge in [0.05, 0.1) is 5.69 Å². The fourth-order valence-corrected chi connectivity index (χ4v) is 2.51. The van der Waals surface area contributed by atoms with Crippen LogP contribution in [-0.4, -0.2) is 23.3 Å². The number of rotatable bonds is 7.